The lowest BCUT2D eigenvalue weighted by molar-refractivity contribution is -0.200. The predicted octanol–water partition coefficient (Wildman–Crippen LogP) is 0.812. The van der Waals surface area contributed by atoms with Crippen molar-refractivity contribution in [2.45, 2.75) is 30.7 Å². The maximum Gasteiger partial charge on any atom is 0.414 e. The number of methoxy groups -OCH3 is 2. The molecule has 8 nitrogen and oxygen atoms in total. The molecule has 9 heteroatoms. The van der Waals surface area contributed by atoms with Crippen molar-refractivity contribution in [1.82, 2.24) is 5.32 Å². The van der Waals surface area contributed by atoms with Crippen LogP contribution in [-0.2, 0) is 28.5 Å². The van der Waals surface area contributed by atoms with Gasteiger partial charge >= 0.3 is 6.09 Å². The molecule has 0 bridgehead atoms. The van der Waals surface area contributed by atoms with Crippen LogP contribution in [0, 0.1) is 0 Å². The van der Waals surface area contributed by atoms with Crippen molar-refractivity contribution in [1.29, 1.82) is 0 Å². The van der Waals surface area contributed by atoms with E-state index in [1.165, 1.54) is 20.3 Å². The number of carbonyl (C=O) groups excluding carboxylic acids is 3. The van der Waals surface area contributed by atoms with Crippen LogP contribution >= 0.6 is 11.6 Å². The van der Waals surface area contributed by atoms with Gasteiger partial charge in [0, 0.05) is 20.6 Å². The number of ether oxygens (including phenoxy) is 4. The highest BCUT2D eigenvalue weighted by Crippen LogP contribution is 2.33. The minimum atomic E-state index is -1.41. The maximum atomic E-state index is 12.4. The summed E-state index contributed by atoms with van der Waals surface area (Å²) in [7, 11) is 2.74. The summed E-state index contributed by atoms with van der Waals surface area (Å²) in [5, 5.41) is 1.97. The number of alkyl halides is 1. The third kappa shape index (κ3) is 4.76. The van der Waals surface area contributed by atoms with Crippen molar-refractivity contribution in [3.63, 3.8) is 0 Å². The van der Waals surface area contributed by atoms with E-state index in [0.29, 0.717) is 0 Å². The lowest BCUT2D eigenvalue weighted by Crippen LogP contribution is -2.63. The largest absolute Gasteiger partial charge is 0.443 e. The molecule has 1 N–H and O–H groups in total. The zero-order valence-electron chi connectivity index (χ0n) is 13.7. The Bertz CT molecular complexity index is 484. The highest BCUT2D eigenvalue weighted by Gasteiger charge is 2.54. The van der Waals surface area contributed by atoms with Crippen LogP contribution in [0.15, 0.2) is 12.7 Å². The number of alkyl carbamates (subject to hydrolysis) is 1. The van der Waals surface area contributed by atoms with Crippen LogP contribution in [0.2, 0.25) is 0 Å². The fraction of sp³-hybridized carbons (Fsp3) is 0.667. The molecule has 1 rings (SSSR count). The van der Waals surface area contributed by atoms with E-state index in [1.54, 1.807) is 0 Å². The Morgan fingerprint density at radius 3 is 2.71 bits per heavy atom. The number of amides is 2. The van der Waals surface area contributed by atoms with Crippen molar-refractivity contribution in [3.05, 3.63) is 12.7 Å². The number of Topliss-reactive ketones (excluding diaryl/α,β-unsaturated/α-hetero) is 1. The molecule has 2 amide bonds. The molecular formula is C15H22ClNO7. The number of carbonyl (C=O) groups is 3. The van der Waals surface area contributed by atoms with Crippen LogP contribution < -0.4 is 5.32 Å². The third-order valence-corrected chi connectivity index (χ3v) is 3.96. The molecule has 0 unspecified atom stereocenters. The Morgan fingerprint density at radius 2 is 2.17 bits per heavy atom. The van der Waals surface area contributed by atoms with Crippen LogP contribution in [0.4, 0.5) is 4.79 Å². The van der Waals surface area contributed by atoms with Gasteiger partial charge in [-0.05, 0) is 6.42 Å². The van der Waals surface area contributed by atoms with E-state index < -0.39 is 29.8 Å². The Labute approximate surface area is 145 Å². The number of nitrogens with one attached hydrogen (secondary N) is 1. The average Bonchev–Trinajstić information content (AvgIpc) is 2.57. The van der Waals surface area contributed by atoms with Gasteiger partial charge in [0.25, 0.3) is 0 Å². The number of halogens is 1. The van der Waals surface area contributed by atoms with Crippen molar-refractivity contribution in [2.24, 2.45) is 0 Å². The van der Waals surface area contributed by atoms with Crippen LogP contribution in [0.25, 0.3) is 0 Å². The molecule has 0 saturated heterocycles. The van der Waals surface area contributed by atoms with Gasteiger partial charge in [-0.15, -0.1) is 18.2 Å². The Hall–Kier alpha value is -1.48. The van der Waals surface area contributed by atoms with Crippen LogP contribution in [0.3, 0.4) is 0 Å². The van der Waals surface area contributed by atoms with Gasteiger partial charge in [-0.1, -0.05) is 6.08 Å². The maximum absolute atomic E-state index is 12.4. The topological polar surface area (TPSA) is 100 Å². The van der Waals surface area contributed by atoms with Gasteiger partial charge in [-0.3, -0.25) is 14.9 Å². The minimum absolute atomic E-state index is 0.0745. The minimum Gasteiger partial charge on any atom is -0.443 e. The van der Waals surface area contributed by atoms with Crippen LogP contribution in [0.5, 0.6) is 0 Å². The summed E-state index contributed by atoms with van der Waals surface area (Å²) in [5.41, 5.74) is -1.41. The lowest BCUT2D eigenvalue weighted by Gasteiger charge is -2.43. The van der Waals surface area contributed by atoms with E-state index in [9.17, 15) is 14.4 Å². The summed E-state index contributed by atoms with van der Waals surface area (Å²) in [4.78, 5) is 35.3. The fourth-order valence-corrected chi connectivity index (χ4v) is 2.68. The van der Waals surface area contributed by atoms with Crippen molar-refractivity contribution in [2.75, 3.05) is 33.3 Å². The molecule has 0 aromatic heterocycles. The molecule has 0 heterocycles. The van der Waals surface area contributed by atoms with E-state index in [-0.39, 0.29) is 37.7 Å². The zero-order chi connectivity index (χ0) is 18.2. The first-order valence-corrected chi connectivity index (χ1v) is 7.85. The van der Waals surface area contributed by atoms with Gasteiger partial charge in [0.15, 0.2) is 11.4 Å². The van der Waals surface area contributed by atoms with E-state index >= 15 is 0 Å². The molecule has 0 aliphatic heterocycles. The molecule has 1 aliphatic rings. The van der Waals surface area contributed by atoms with E-state index in [1.807, 2.05) is 5.32 Å². The Kier molecular flexibility index (Phi) is 8.34. The molecule has 1 saturated carbocycles. The second-order valence-corrected chi connectivity index (χ2v) is 5.41. The standard InChI is InChI=1S/C15H22ClNO7/c1-4-7-23-9-15(22-3)11(18)6-5-10(13(15)21-2)24-14(20)17-12(19)8-16/h4,10,13H,1,5-9H2,2-3H3,(H,17,19,20)/t10-,13-,15+/m1/s1. The van der Waals surface area contributed by atoms with Crippen molar-refractivity contribution >= 4 is 29.4 Å². The normalized spacial score (nSPS) is 26.7. The zero-order valence-corrected chi connectivity index (χ0v) is 14.5. The van der Waals surface area contributed by atoms with Gasteiger partial charge in [0.05, 0.1) is 13.2 Å². The first-order valence-electron chi connectivity index (χ1n) is 7.31. The van der Waals surface area contributed by atoms with Crippen molar-refractivity contribution < 1.29 is 33.3 Å². The Balaban J connectivity index is 2.90. The van der Waals surface area contributed by atoms with Gasteiger partial charge in [-0.2, -0.15) is 0 Å². The highest BCUT2D eigenvalue weighted by molar-refractivity contribution is 6.28. The number of imide groups is 1. The van der Waals surface area contributed by atoms with Gasteiger partial charge in [-0.25, -0.2) is 4.79 Å². The second-order valence-electron chi connectivity index (χ2n) is 5.14. The first-order chi connectivity index (χ1) is 11.4. The van der Waals surface area contributed by atoms with E-state index in [0.717, 1.165) is 0 Å². The molecule has 3 atom stereocenters. The summed E-state index contributed by atoms with van der Waals surface area (Å²) in [6.45, 7) is 3.69. The average molecular weight is 364 g/mol. The quantitative estimate of drug-likeness (QED) is 0.387. The SMILES string of the molecule is C=CCOC[C@]1(OC)C(=O)CC[C@@H](OC(=O)NC(=O)CCl)[C@H]1OC. The molecule has 0 spiro atoms. The third-order valence-electron chi connectivity index (χ3n) is 3.72. The number of hydrogen-bond donors (Lipinski definition) is 1. The summed E-state index contributed by atoms with van der Waals surface area (Å²) >= 11 is 5.32. The van der Waals surface area contributed by atoms with Gasteiger partial charge in [0.2, 0.25) is 5.91 Å². The summed E-state index contributed by atoms with van der Waals surface area (Å²) in [6, 6.07) is 0. The predicted molar refractivity (Wildman–Crippen MR) is 84.9 cm³/mol. The van der Waals surface area contributed by atoms with Gasteiger partial charge in [0.1, 0.15) is 18.1 Å². The van der Waals surface area contributed by atoms with Crippen LogP contribution in [-0.4, -0.2) is 68.9 Å². The second kappa shape index (κ2) is 9.73. The first kappa shape index (κ1) is 20.6. The van der Waals surface area contributed by atoms with Gasteiger partial charge < -0.3 is 18.9 Å². The summed E-state index contributed by atoms with van der Waals surface area (Å²) < 4.78 is 21.4. The molecular weight excluding hydrogens is 342 g/mol. The van der Waals surface area contributed by atoms with E-state index in [2.05, 4.69) is 6.58 Å². The molecule has 1 fully saturated rings. The summed E-state index contributed by atoms with van der Waals surface area (Å²) in [5.74, 6) is -1.27. The molecule has 0 aromatic rings. The molecule has 24 heavy (non-hydrogen) atoms. The summed E-state index contributed by atoms with van der Waals surface area (Å²) in [6.07, 6.45) is -0.732. The fourth-order valence-electron chi connectivity index (χ4n) is 2.62. The molecule has 0 aromatic carbocycles. The smallest absolute Gasteiger partial charge is 0.414 e. The van der Waals surface area contributed by atoms with Crippen molar-refractivity contribution in [3.8, 4) is 0 Å². The number of hydrogen-bond acceptors (Lipinski definition) is 7. The molecule has 1 aliphatic carbocycles. The van der Waals surface area contributed by atoms with E-state index in [4.69, 9.17) is 30.5 Å². The monoisotopic (exact) mass is 363 g/mol. The molecule has 0 radical (unpaired) electrons. The highest BCUT2D eigenvalue weighted by atomic mass is 35.5. The Morgan fingerprint density at radius 1 is 1.46 bits per heavy atom. The number of ketones is 1. The van der Waals surface area contributed by atoms with Crippen LogP contribution in [0.1, 0.15) is 12.8 Å². The number of rotatable bonds is 8. The molecule has 136 valence electrons. The lowest BCUT2D eigenvalue weighted by atomic mass is 9.79.